The number of amides is 2. The smallest absolute Gasteiger partial charge is 0.317 e. The lowest BCUT2D eigenvalue weighted by Crippen LogP contribution is -2.43. The van der Waals surface area contributed by atoms with Gasteiger partial charge in [-0.1, -0.05) is 12.1 Å². The van der Waals surface area contributed by atoms with E-state index in [0.717, 1.165) is 57.9 Å². The molecule has 24 heavy (non-hydrogen) atoms. The summed E-state index contributed by atoms with van der Waals surface area (Å²) in [6, 6.07) is 8.38. The van der Waals surface area contributed by atoms with E-state index in [-0.39, 0.29) is 6.03 Å². The number of methoxy groups -OCH3 is 1. The molecule has 2 amide bonds. The van der Waals surface area contributed by atoms with Crippen LogP contribution in [0.25, 0.3) is 0 Å². The molecule has 2 rings (SSSR count). The second kappa shape index (κ2) is 9.52. The molecule has 0 aliphatic carbocycles. The van der Waals surface area contributed by atoms with Gasteiger partial charge in [-0.05, 0) is 63.4 Å². The summed E-state index contributed by atoms with van der Waals surface area (Å²) in [7, 11) is 1.69. The minimum Gasteiger partial charge on any atom is -0.497 e. The van der Waals surface area contributed by atoms with Crippen LogP contribution in [-0.4, -0.2) is 55.7 Å². The number of nitrogens with zero attached hydrogens (tertiary/aromatic N) is 2. The fourth-order valence-electron chi connectivity index (χ4n) is 3.19. The zero-order valence-corrected chi connectivity index (χ0v) is 15.3. The summed E-state index contributed by atoms with van der Waals surface area (Å²) in [6.45, 7) is 9.54. The molecule has 1 aliphatic rings. The minimum atomic E-state index is 0.0701. The second-order valence-corrected chi connectivity index (χ2v) is 6.43. The molecule has 0 unspecified atom stereocenters. The Morgan fingerprint density at radius 3 is 2.38 bits per heavy atom. The number of nitrogens with one attached hydrogen (secondary N) is 1. The molecule has 0 spiro atoms. The molecular formula is C19H31N3O2. The fraction of sp³-hybridized carbons (Fsp3) is 0.632. The van der Waals surface area contributed by atoms with E-state index >= 15 is 0 Å². The predicted molar refractivity (Wildman–Crippen MR) is 97.3 cm³/mol. The highest BCUT2D eigenvalue weighted by Gasteiger charge is 2.20. The van der Waals surface area contributed by atoms with E-state index in [1.807, 2.05) is 30.9 Å². The molecule has 0 saturated carbocycles. The molecule has 1 aliphatic heterocycles. The first kappa shape index (κ1) is 18.6. The highest BCUT2D eigenvalue weighted by Crippen LogP contribution is 2.19. The van der Waals surface area contributed by atoms with E-state index in [0.29, 0.717) is 5.92 Å². The summed E-state index contributed by atoms with van der Waals surface area (Å²) in [5, 5.41) is 3.09. The van der Waals surface area contributed by atoms with E-state index in [4.69, 9.17) is 4.74 Å². The Bertz CT molecular complexity index is 492. The molecule has 1 saturated heterocycles. The van der Waals surface area contributed by atoms with Crippen molar-refractivity contribution in [1.29, 1.82) is 0 Å². The normalized spacial score (nSPS) is 16.0. The Kier molecular flexibility index (Phi) is 7.37. The van der Waals surface area contributed by atoms with Gasteiger partial charge < -0.3 is 15.0 Å². The van der Waals surface area contributed by atoms with E-state index < -0.39 is 0 Å². The third-order valence-electron chi connectivity index (χ3n) is 4.87. The van der Waals surface area contributed by atoms with Crippen LogP contribution in [0.2, 0.25) is 0 Å². The number of carbonyl (C=O) groups excluding carboxylic acids is 1. The molecular weight excluding hydrogens is 302 g/mol. The topological polar surface area (TPSA) is 44.8 Å². The zero-order valence-electron chi connectivity index (χ0n) is 15.3. The van der Waals surface area contributed by atoms with Crippen LogP contribution < -0.4 is 10.1 Å². The third-order valence-corrected chi connectivity index (χ3v) is 4.87. The molecule has 1 aromatic rings. The molecule has 0 atom stereocenters. The number of urea groups is 1. The highest BCUT2D eigenvalue weighted by atomic mass is 16.5. The maximum atomic E-state index is 12.0. The number of benzene rings is 1. The molecule has 0 aromatic heterocycles. The molecule has 5 nitrogen and oxygen atoms in total. The Balaban J connectivity index is 1.70. The van der Waals surface area contributed by atoms with Gasteiger partial charge in [0.15, 0.2) is 0 Å². The third kappa shape index (κ3) is 5.41. The molecule has 0 radical (unpaired) electrons. The van der Waals surface area contributed by atoms with E-state index in [1.165, 1.54) is 5.56 Å². The first-order valence-corrected chi connectivity index (χ1v) is 9.04. The number of ether oxygens (including phenoxy) is 1. The van der Waals surface area contributed by atoms with Crippen LogP contribution >= 0.6 is 0 Å². The number of hydrogen-bond donors (Lipinski definition) is 1. The van der Waals surface area contributed by atoms with Crippen LogP contribution in [0.5, 0.6) is 5.75 Å². The first-order valence-electron chi connectivity index (χ1n) is 9.04. The summed E-state index contributed by atoms with van der Waals surface area (Å²) >= 11 is 0. The molecule has 1 fully saturated rings. The van der Waals surface area contributed by atoms with Gasteiger partial charge in [-0.2, -0.15) is 0 Å². The van der Waals surface area contributed by atoms with Crippen molar-refractivity contribution in [2.24, 2.45) is 5.92 Å². The summed E-state index contributed by atoms with van der Waals surface area (Å²) in [6.07, 6.45) is 2.30. The fourth-order valence-corrected chi connectivity index (χ4v) is 3.19. The molecule has 0 bridgehead atoms. The van der Waals surface area contributed by atoms with Gasteiger partial charge in [0, 0.05) is 26.2 Å². The van der Waals surface area contributed by atoms with E-state index in [9.17, 15) is 4.79 Å². The number of hydrogen-bond acceptors (Lipinski definition) is 3. The van der Waals surface area contributed by atoms with E-state index in [1.54, 1.807) is 7.11 Å². The van der Waals surface area contributed by atoms with Crippen molar-refractivity contribution >= 4 is 6.03 Å². The minimum absolute atomic E-state index is 0.0701. The molecule has 134 valence electrons. The summed E-state index contributed by atoms with van der Waals surface area (Å²) in [5.41, 5.74) is 1.32. The largest absolute Gasteiger partial charge is 0.497 e. The molecule has 1 N–H and O–H groups in total. The van der Waals surface area contributed by atoms with Gasteiger partial charge in [-0.15, -0.1) is 0 Å². The second-order valence-electron chi connectivity index (χ2n) is 6.43. The summed E-state index contributed by atoms with van der Waals surface area (Å²) in [4.78, 5) is 16.3. The summed E-state index contributed by atoms with van der Waals surface area (Å²) < 4.78 is 5.20. The van der Waals surface area contributed by atoms with Crippen molar-refractivity contribution in [1.82, 2.24) is 15.1 Å². The van der Waals surface area contributed by atoms with Crippen LogP contribution in [0.1, 0.15) is 32.3 Å². The standard InChI is InChI=1S/C19H31N3O2/c1-4-22(5-2)19(23)20-14-16-10-12-21(13-11-16)15-17-6-8-18(24-3)9-7-17/h6-9,16H,4-5,10-15H2,1-3H3,(H,20,23). The van der Waals surface area contributed by atoms with Gasteiger partial charge in [-0.25, -0.2) is 4.79 Å². The van der Waals surface area contributed by atoms with Crippen molar-refractivity contribution in [3.8, 4) is 5.75 Å². The van der Waals surface area contributed by atoms with Crippen LogP contribution in [0.15, 0.2) is 24.3 Å². The van der Waals surface area contributed by atoms with E-state index in [2.05, 4.69) is 22.3 Å². The number of carbonyl (C=O) groups is 1. The van der Waals surface area contributed by atoms with Gasteiger partial charge in [-0.3, -0.25) is 4.90 Å². The Morgan fingerprint density at radius 1 is 1.21 bits per heavy atom. The number of rotatable bonds is 7. The molecule has 1 aromatic carbocycles. The molecule has 5 heteroatoms. The lowest BCUT2D eigenvalue weighted by Gasteiger charge is -2.32. The predicted octanol–water partition coefficient (Wildman–Crippen LogP) is 2.96. The maximum absolute atomic E-state index is 12.0. The van der Waals surface area contributed by atoms with Crippen LogP contribution in [0, 0.1) is 5.92 Å². The van der Waals surface area contributed by atoms with Gasteiger partial charge in [0.1, 0.15) is 5.75 Å². The van der Waals surface area contributed by atoms with Crippen LogP contribution in [-0.2, 0) is 6.54 Å². The SMILES string of the molecule is CCN(CC)C(=O)NCC1CCN(Cc2ccc(OC)cc2)CC1. The monoisotopic (exact) mass is 333 g/mol. The average Bonchev–Trinajstić information content (AvgIpc) is 2.63. The quantitative estimate of drug-likeness (QED) is 0.834. The van der Waals surface area contributed by atoms with Crippen molar-refractivity contribution < 1.29 is 9.53 Å². The van der Waals surface area contributed by atoms with Gasteiger partial charge in [0.25, 0.3) is 0 Å². The molecule has 1 heterocycles. The maximum Gasteiger partial charge on any atom is 0.317 e. The lowest BCUT2D eigenvalue weighted by molar-refractivity contribution is 0.169. The van der Waals surface area contributed by atoms with Crippen molar-refractivity contribution in [2.75, 3.05) is 39.8 Å². The average molecular weight is 333 g/mol. The first-order chi connectivity index (χ1) is 11.7. The Hall–Kier alpha value is -1.75. The Labute approximate surface area is 146 Å². The highest BCUT2D eigenvalue weighted by molar-refractivity contribution is 5.74. The van der Waals surface area contributed by atoms with Crippen molar-refractivity contribution in [3.05, 3.63) is 29.8 Å². The number of piperidine rings is 1. The van der Waals surface area contributed by atoms with Crippen LogP contribution in [0.3, 0.4) is 0 Å². The Morgan fingerprint density at radius 2 is 1.83 bits per heavy atom. The zero-order chi connectivity index (χ0) is 17.4. The van der Waals surface area contributed by atoms with Gasteiger partial charge >= 0.3 is 6.03 Å². The lowest BCUT2D eigenvalue weighted by atomic mass is 9.96. The number of likely N-dealkylation sites (tertiary alicyclic amines) is 1. The summed E-state index contributed by atoms with van der Waals surface area (Å²) in [5.74, 6) is 1.50. The van der Waals surface area contributed by atoms with Crippen molar-refractivity contribution in [2.45, 2.75) is 33.2 Å². The van der Waals surface area contributed by atoms with Gasteiger partial charge in [0.05, 0.1) is 7.11 Å². The van der Waals surface area contributed by atoms with Gasteiger partial charge in [0.2, 0.25) is 0 Å². The van der Waals surface area contributed by atoms with Crippen molar-refractivity contribution in [3.63, 3.8) is 0 Å². The van der Waals surface area contributed by atoms with Crippen LogP contribution in [0.4, 0.5) is 4.79 Å².